The minimum atomic E-state index is -0.420. The molecule has 2 aliphatic rings. The monoisotopic (exact) mass is 459 g/mol. The summed E-state index contributed by atoms with van der Waals surface area (Å²) in [7, 11) is 0. The van der Waals surface area contributed by atoms with Crippen molar-refractivity contribution in [2.75, 3.05) is 26.2 Å². The highest BCUT2D eigenvalue weighted by molar-refractivity contribution is 5.93. The van der Waals surface area contributed by atoms with Crippen LogP contribution in [0.5, 0.6) is 0 Å². The van der Waals surface area contributed by atoms with Gasteiger partial charge in [-0.3, -0.25) is 19.0 Å². The van der Waals surface area contributed by atoms with E-state index in [4.69, 9.17) is 0 Å². The molecule has 5 rings (SSSR count). The molecular weight excluding hydrogens is 430 g/mol. The van der Waals surface area contributed by atoms with Crippen LogP contribution >= 0.6 is 0 Å². The molecule has 0 unspecified atom stereocenters. The zero-order valence-electron chi connectivity index (χ0n) is 19.2. The maximum absolute atomic E-state index is 13.4. The summed E-state index contributed by atoms with van der Waals surface area (Å²) in [5, 5.41) is 0. The topological polar surface area (TPSA) is 88.4 Å². The highest BCUT2D eigenvalue weighted by atomic mass is 16.2. The van der Waals surface area contributed by atoms with Crippen LogP contribution in [0, 0.1) is 5.92 Å². The first-order valence-electron chi connectivity index (χ1n) is 12.1. The van der Waals surface area contributed by atoms with E-state index in [0.29, 0.717) is 50.3 Å². The van der Waals surface area contributed by atoms with E-state index in [1.165, 1.54) is 0 Å². The zero-order chi connectivity index (χ0) is 23.5. The van der Waals surface area contributed by atoms with Crippen LogP contribution in [0.1, 0.15) is 41.7 Å². The predicted molar refractivity (Wildman–Crippen MR) is 128 cm³/mol. The van der Waals surface area contributed by atoms with E-state index >= 15 is 0 Å². The largest absolute Gasteiger partial charge is 0.339 e. The van der Waals surface area contributed by atoms with Gasteiger partial charge in [0, 0.05) is 44.8 Å². The van der Waals surface area contributed by atoms with Gasteiger partial charge in [-0.15, -0.1) is 0 Å². The highest BCUT2D eigenvalue weighted by Crippen LogP contribution is 2.27. The molecule has 8 heteroatoms. The third-order valence-corrected chi connectivity index (χ3v) is 6.95. The summed E-state index contributed by atoms with van der Waals surface area (Å²) in [5.74, 6) is -0.0336. The summed E-state index contributed by atoms with van der Waals surface area (Å²) in [4.78, 5) is 51.8. The normalized spacial score (nSPS) is 16.8. The quantitative estimate of drug-likeness (QED) is 0.585. The second-order valence-electron chi connectivity index (χ2n) is 9.10. The standard InChI is InChI=1S/C26H29N5O3/c32-24(20-9-4-5-10-20)29-15-17-30(18-16-29)25(33)22-26(34)31(14-12-19-7-2-1-3-8-19)23-21(28-22)11-6-13-27-23/h1-3,6-8,11,13,20H,4-5,9-10,12,14-18H2. The number of piperazine rings is 1. The molecule has 2 aromatic heterocycles. The highest BCUT2D eigenvalue weighted by Gasteiger charge is 2.32. The first-order chi connectivity index (χ1) is 16.6. The minimum absolute atomic E-state index is 0.0795. The van der Waals surface area contributed by atoms with Crippen LogP contribution in [-0.2, 0) is 17.8 Å². The molecule has 1 aliphatic heterocycles. The van der Waals surface area contributed by atoms with Crippen LogP contribution in [0.2, 0.25) is 0 Å². The van der Waals surface area contributed by atoms with Gasteiger partial charge in [-0.25, -0.2) is 9.97 Å². The number of aromatic nitrogens is 3. The van der Waals surface area contributed by atoms with Gasteiger partial charge in [0.2, 0.25) is 5.91 Å². The summed E-state index contributed by atoms with van der Waals surface area (Å²) in [6.45, 7) is 2.22. The third-order valence-electron chi connectivity index (χ3n) is 6.95. The Balaban J connectivity index is 1.36. The molecule has 0 spiro atoms. The van der Waals surface area contributed by atoms with Crippen molar-refractivity contribution in [3.63, 3.8) is 0 Å². The Labute approximate surface area is 198 Å². The molecular formula is C26H29N5O3. The van der Waals surface area contributed by atoms with E-state index in [9.17, 15) is 14.4 Å². The fourth-order valence-corrected chi connectivity index (χ4v) is 5.02. The van der Waals surface area contributed by atoms with Crippen molar-refractivity contribution in [3.8, 4) is 0 Å². The van der Waals surface area contributed by atoms with Crippen LogP contribution in [0.15, 0.2) is 53.5 Å². The van der Waals surface area contributed by atoms with Gasteiger partial charge in [-0.2, -0.15) is 0 Å². The van der Waals surface area contributed by atoms with E-state index < -0.39 is 5.56 Å². The molecule has 1 aromatic carbocycles. The maximum atomic E-state index is 13.4. The van der Waals surface area contributed by atoms with E-state index in [2.05, 4.69) is 9.97 Å². The summed E-state index contributed by atoms with van der Waals surface area (Å²) < 4.78 is 1.56. The Morgan fingerprint density at radius 3 is 2.35 bits per heavy atom. The molecule has 2 amide bonds. The van der Waals surface area contributed by atoms with Gasteiger partial charge in [-0.1, -0.05) is 43.2 Å². The van der Waals surface area contributed by atoms with Crippen molar-refractivity contribution >= 4 is 23.0 Å². The number of fused-ring (bicyclic) bond motifs is 1. The molecule has 0 bridgehead atoms. The lowest BCUT2D eigenvalue weighted by molar-refractivity contribution is -0.136. The van der Waals surface area contributed by atoms with Gasteiger partial charge in [0.05, 0.1) is 0 Å². The van der Waals surface area contributed by atoms with Crippen molar-refractivity contribution in [1.29, 1.82) is 0 Å². The van der Waals surface area contributed by atoms with Crippen molar-refractivity contribution in [2.45, 2.75) is 38.6 Å². The van der Waals surface area contributed by atoms with Crippen molar-refractivity contribution < 1.29 is 9.59 Å². The number of aryl methyl sites for hydroxylation is 2. The number of hydrogen-bond donors (Lipinski definition) is 0. The minimum Gasteiger partial charge on any atom is -0.339 e. The number of carbonyl (C=O) groups excluding carboxylic acids is 2. The Bertz CT molecular complexity index is 1240. The SMILES string of the molecule is O=C(c1nc2cccnc2n(CCc2ccccc2)c1=O)N1CCN(C(=O)C2CCCC2)CC1. The second-order valence-corrected chi connectivity index (χ2v) is 9.10. The smallest absolute Gasteiger partial charge is 0.283 e. The summed E-state index contributed by atoms with van der Waals surface area (Å²) in [6.07, 6.45) is 6.45. The molecule has 34 heavy (non-hydrogen) atoms. The van der Waals surface area contributed by atoms with Gasteiger partial charge in [0.1, 0.15) is 5.52 Å². The van der Waals surface area contributed by atoms with Crippen molar-refractivity contribution in [3.05, 3.63) is 70.3 Å². The first kappa shape index (κ1) is 22.3. The average Bonchev–Trinajstić information content (AvgIpc) is 3.43. The Hall–Kier alpha value is -3.55. The average molecular weight is 460 g/mol. The van der Waals surface area contributed by atoms with E-state index in [1.807, 2.05) is 35.2 Å². The number of benzene rings is 1. The molecule has 1 saturated heterocycles. The van der Waals surface area contributed by atoms with Crippen LogP contribution in [0.4, 0.5) is 0 Å². The lowest BCUT2D eigenvalue weighted by Gasteiger charge is -2.35. The summed E-state index contributed by atoms with van der Waals surface area (Å²) in [5.41, 5.74) is 1.60. The van der Waals surface area contributed by atoms with E-state index in [1.54, 1.807) is 27.8 Å². The van der Waals surface area contributed by atoms with Gasteiger partial charge >= 0.3 is 0 Å². The first-order valence-corrected chi connectivity index (χ1v) is 12.1. The van der Waals surface area contributed by atoms with Crippen molar-refractivity contribution in [2.24, 2.45) is 5.92 Å². The lowest BCUT2D eigenvalue weighted by atomic mass is 10.1. The van der Waals surface area contributed by atoms with Gasteiger partial charge in [0.15, 0.2) is 11.3 Å². The molecule has 2 fully saturated rings. The van der Waals surface area contributed by atoms with Crippen LogP contribution in [-0.4, -0.2) is 62.3 Å². The van der Waals surface area contributed by atoms with E-state index in [0.717, 1.165) is 31.2 Å². The number of amides is 2. The van der Waals surface area contributed by atoms with Crippen LogP contribution < -0.4 is 5.56 Å². The number of carbonyl (C=O) groups is 2. The van der Waals surface area contributed by atoms with Crippen LogP contribution in [0.25, 0.3) is 11.2 Å². The van der Waals surface area contributed by atoms with E-state index in [-0.39, 0.29) is 23.4 Å². The van der Waals surface area contributed by atoms with Crippen LogP contribution in [0.3, 0.4) is 0 Å². The van der Waals surface area contributed by atoms with Gasteiger partial charge in [-0.05, 0) is 37.0 Å². The molecule has 0 N–H and O–H groups in total. The van der Waals surface area contributed by atoms with Crippen molar-refractivity contribution in [1.82, 2.24) is 24.3 Å². The molecule has 1 saturated carbocycles. The number of nitrogens with zero attached hydrogens (tertiary/aromatic N) is 5. The summed E-state index contributed by atoms with van der Waals surface area (Å²) in [6, 6.07) is 13.4. The molecule has 0 radical (unpaired) electrons. The molecule has 3 heterocycles. The fourth-order valence-electron chi connectivity index (χ4n) is 5.02. The Morgan fingerprint density at radius 2 is 1.62 bits per heavy atom. The zero-order valence-corrected chi connectivity index (χ0v) is 19.2. The third kappa shape index (κ3) is 4.44. The lowest BCUT2D eigenvalue weighted by Crippen LogP contribution is -2.52. The predicted octanol–water partition coefficient (Wildman–Crippen LogP) is 2.51. The molecule has 8 nitrogen and oxygen atoms in total. The summed E-state index contributed by atoms with van der Waals surface area (Å²) >= 11 is 0. The fraction of sp³-hybridized carbons (Fsp3) is 0.423. The molecule has 1 aliphatic carbocycles. The van der Waals surface area contributed by atoms with Gasteiger partial charge in [0.25, 0.3) is 11.5 Å². The second kappa shape index (κ2) is 9.75. The Kier molecular flexibility index (Phi) is 6.38. The number of pyridine rings is 1. The maximum Gasteiger partial charge on any atom is 0.283 e. The number of hydrogen-bond acceptors (Lipinski definition) is 5. The molecule has 3 aromatic rings. The Morgan fingerprint density at radius 1 is 0.912 bits per heavy atom. The van der Waals surface area contributed by atoms with Gasteiger partial charge < -0.3 is 9.80 Å². The number of rotatable bonds is 5. The molecule has 176 valence electrons. The molecule has 0 atom stereocenters.